The maximum absolute atomic E-state index is 13.3. The second kappa shape index (κ2) is 8.15. The topological polar surface area (TPSA) is 75.5 Å². The van der Waals surface area contributed by atoms with Crippen molar-refractivity contribution in [3.05, 3.63) is 46.8 Å². The van der Waals surface area contributed by atoms with Crippen molar-refractivity contribution in [1.82, 2.24) is 19.0 Å². The summed E-state index contributed by atoms with van der Waals surface area (Å²) < 4.78 is 27.8. The molecule has 8 heteroatoms. The highest BCUT2D eigenvalue weighted by atomic mass is 32.2. The van der Waals surface area contributed by atoms with Crippen LogP contribution in [-0.2, 0) is 22.9 Å². The summed E-state index contributed by atoms with van der Waals surface area (Å²) in [6.07, 6.45) is 4.17. The predicted molar refractivity (Wildman–Crippen MR) is 116 cm³/mol. The van der Waals surface area contributed by atoms with Crippen molar-refractivity contribution in [2.45, 2.75) is 52.0 Å². The highest BCUT2D eigenvalue weighted by Gasteiger charge is 2.34. The summed E-state index contributed by atoms with van der Waals surface area (Å²) in [6.45, 7) is 4.83. The van der Waals surface area contributed by atoms with E-state index in [9.17, 15) is 13.2 Å². The number of piperidine rings is 1. The van der Waals surface area contributed by atoms with Crippen LogP contribution in [0.15, 0.2) is 24.3 Å². The summed E-state index contributed by atoms with van der Waals surface area (Å²) in [5.74, 6) is 0.0745. The van der Waals surface area contributed by atoms with Gasteiger partial charge in [-0.3, -0.25) is 4.79 Å². The van der Waals surface area contributed by atoms with Crippen LogP contribution >= 0.6 is 0 Å². The van der Waals surface area contributed by atoms with E-state index in [1.807, 2.05) is 27.8 Å². The molecule has 1 aromatic carbocycles. The molecule has 0 unspecified atom stereocenters. The minimum absolute atomic E-state index is 0.0278. The quantitative estimate of drug-likeness (QED) is 0.731. The fraction of sp³-hybridized carbons (Fsp3) is 0.545. The summed E-state index contributed by atoms with van der Waals surface area (Å²) in [6, 6.07) is 8.07. The smallest absolute Gasteiger partial charge is 0.274 e. The molecule has 0 bridgehead atoms. The van der Waals surface area contributed by atoms with E-state index in [4.69, 9.17) is 5.10 Å². The van der Waals surface area contributed by atoms with Crippen molar-refractivity contribution in [1.29, 1.82) is 0 Å². The number of nitrogens with zero attached hydrogens (tertiary/aromatic N) is 4. The van der Waals surface area contributed by atoms with Crippen LogP contribution in [0.3, 0.4) is 0 Å². The third-order valence-corrected chi connectivity index (χ3v) is 8.45. The fourth-order valence-corrected chi connectivity index (χ4v) is 5.69. The average molecular weight is 431 g/mol. The molecule has 2 heterocycles. The Kier molecular flexibility index (Phi) is 5.72. The van der Waals surface area contributed by atoms with Crippen LogP contribution in [0.5, 0.6) is 0 Å². The van der Waals surface area contributed by atoms with E-state index < -0.39 is 10.0 Å². The van der Waals surface area contributed by atoms with Crippen molar-refractivity contribution < 1.29 is 13.2 Å². The maximum atomic E-state index is 13.3. The van der Waals surface area contributed by atoms with Crippen LogP contribution in [0.4, 0.5) is 0 Å². The van der Waals surface area contributed by atoms with Gasteiger partial charge >= 0.3 is 0 Å². The Morgan fingerprint density at radius 3 is 2.57 bits per heavy atom. The van der Waals surface area contributed by atoms with Gasteiger partial charge in [-0.05, 0) is 57.6 Å². The number of benzene rings is 1. The number of hydrogen-bond donors (Lipinski definition) is 0. The molecule has 4 rings (SSSR count). The Bertz CT molecular complexity index is 1050. The van der Waals surface area contributed by atoms with E-state index in [-0.39, 0.29) is 17.7 Å². The molecule has 30 heavy (non-hydrogen) atoms. The summed E-state index contributed by atoms with van der Waals surface area (Å²) >= 11 is 0. The zero-order valence-electron chi connectivity index (χ0n) is 18.0. The van der Waals surface area contributed by atoms with Crippen molar-refractivity contribution in [2.24, 2.45) is 0 Å². The van der Waals surface area contributed by atoms with Gasteiger partial charge < -0.3 is 4.90 Å². The molecule has 2 aliphatic rings. The number of likely N-dealkylation sites (tertiary alicyclic amines) is 1. The Morgan fingerprint density at radius 2 is 1.90 bits per heavy atom. The Morgan fingerprint density at radius 1 is 1.20 bits per heavy atom. The van der Waals surface area contributed by atoms with Crippen LogP contribution in [0.1, 0.15) is 53.5 Å². The molecule has 0 N–H and O–H groups in total. The summed E-state index contributed by atoms with van der Waals surface area (Å²) in [5.41, 5.74) is 4.96. The number of sulfonamides is 1. The molecule has 0 radical (unpaired) electrons. The molecule has 0 atom stereocenters. The largest absolute Gasteiger partial charge is 0.337 e. The van der Waals surface area contributed by atoms with Crippen LogP contribution in [0.25, 0.3) is 5.69 Å². The molecule has 1 saturated heterocycles. The number of amides is 1. The van der Waals surface area contributed by atoms with Gasteiger partial charge in [0.1, 0.15) is 0 Å². The summed E-state index contributed by atoms with van der Waals surface area (Å²) in [4.78, 5) is 15.2. The first kappa shape index (κ1) is 21.1. The van der Waals surface area contributed by atoms with E-state index in [1.54, 1.807) is 14.0 Å². The van der Waals surface area contributed by atoms with Gasteiger partial charge in [0.2, 0.25) is 10.0 Å². The molecule has 2 aromatic rings. The van der Waals surface area contributed by atoms with Crippen molar-refractivity contribution >= 4 is 15.9 Å². The lowest BCUT2D eigenvalue weighted by atomic mass is 10.0. The van der Waals surface area contributed by atoms with E-state index in [2.05, 4.69) is 13.0 Å². The SMILES string of the molecule is CCS(=O)(=O)N(C)C1CCN(C(=O)c2nn(-c3ccccc3C)c3c2CCC3)CC1. The lowest BCUT2D eigenvalue weighted by molar-refractivity contribution is 0.0678. The number of hydrogen-bond acceptors (Lipinski definition) is 4. The van der Waals surface area contributed by atoms with Gasteiger partial charge in [-0.1, -0.05) is 18.2 Å². The van der Waals surface area contributed by atoms with Crippen molar-refractivity contribution in [2.75, 3.05) is 25.9 Å². The molecule has 0 saturated carbocycles. The second-order valence-corrected chi connectivity index (χ2v) is 10.6. The number of carbonyl (C=O) groups excluding carboxylic acids is 1. The first-order valence-electron chi connectivity index (χ1n) is 10.7. The number of fused-ring (bicyclic) bond motifs is 1. The average Bonchev–Trinajstić information content (AvgIpc) is 3.36. The molecule has 1 aliphatic heterocycles. The Hall–Kier alpha value is -2.19. The van der Waals surface area contributed by atoms with Gasteiger partial charge in [-0.15, -0.1) is 0 Å². The third-order valence-electron chi connectivity index (χ3n) is 6.55. The zero-order valence-corrected chi connectivity index (χ0v) is 18.8. The number of carbonyl (C=O) groups is 1. The third kappa shape index (κ3) is 3.67. The molecule has 1 aromatic heterocycles. The second-order valence-electron chi connectivity index (χ2n) is 8.27. The lowest BCUT2D eigenvalue weighted by Gasteiger charge is -2.35. The van der Waals surface area contributed by atoms with Crippen LogP contribution < -0.4 is 0 Å². The van der Waals surface area contributed by atoms with E-state index in [1.165, 1.54) is 4.31 Å². The lowest BCUT2D eigenvalue weighted by Crippen LogP contribution is -2.47. The number of aromatic nitrogens is 2. The summed E-state index contributed by atoms with van der Waals surface area (Å²) in [5, 5.41) is 4.76. The summed E-state index contributed by atoms with van der Waals surface area (Å²) in [7, 11) is -1.56. The monoisotopic (exact) mass is 430 g/mol. The van der Waals surface area contributed by atoms with E-state index in [0.29, 0.717) is 31.6 Å². The molecular formula is C22H30N4O3S. The van der Waals surface area contributed by atoms with Crippen LogP contribution in [0, 0.1) is 6.92 Å². The molecule has 1 amide bonds. The minimum Gasteiger partial charge on any atom is -0.337 e. The van der Waals surface area contributed by atoms with Gasteiger partial charge in [0.25, 0.3) is 5.91 Å². The van der Waals surface area contributed by atoms with Gasteiger partial charge in [-0.2, -0.15) is 5.10 Å². The van der Waals surface area contributed by atoms with Crippen molar-refractivity contribution in [3.63, 3.8) is 0 Å². The number of para-hydroxylation sites is 1. The van der Waals surface area contributed by atoms with Gasteiger partial charge in [-0.25, -0.2) is 17.4 Å². The fourth-order valence-electron chi connectivity index (χ4n) is 4.62. The van der Waals surface area contributed by atoms with E-state index >= 15 is 0 Å². The number of rotatable bonds is 5. The van der Waals surface area contributed by atoms with Crippen molar-refractivity contribution in [3.8, 4) is 5.69 Å². The van der Waals surface area contributed by atoms with Gasteiger partial charge in [0.05, 0.1) is 11.4 Å². The molecule has 1 fully saturated rings. The number of aryl methyl sites for hydroxylation is 1. The first-order chi connectivity index (χ1) is 14.3. The van der Waals surface area contributed by atoms with Crippen LogP contribution in [0.2, 0.25) is 0 Å². The standard InChI is InChI=1S/C22H30N4O3S/c1-4-30(28,29)24(3)17-12-14-25(15-13-17)22(27)21-18-9-7-11-20(18)26(23-21)19-10-6-5-8-16(19)2/h5-6,8,10,17H,4,7,9,11-15H2,1-3H3. The first-order valence-corrected chi connectivity index (χ1v) is 12.4. The molecule has 7 nitrogen and oxygen atoms in total. The Labute approximate surface area is 178 Å². The van der Waals surface area contributed by atoms with Gasteiger partial charge in [0.15, 0.2) is 5.69 Å². The molecular weight excluding hydrogens is 400 g/mol. The normalized spacial score (nSPS) is 17.5. The van der Waals surface area contributed by atoms with Gasteiger partial charge in [0, 0.05) is 37.4 Å². The minimum atomic E-state index is -3.21. The van der Waals surface area contributed by atoms with E-state index in [0.717, 1.165) is 41.8 Å². The molecule has 1 aliphatic carbocycles. The predicted octanol–water partition coefficient (Wildman–Crippen LogP) is 2.56. The molecule has 0 spiro atoms. The maximum Gasteiger partial charge on any atom is 0.274 e. The van der Waals surface area contributed by atoms with Crippen LogP contribution in [-0.4, -0.2) is 65.2 Å². The molecule has 162 valence electrons. The Balaban J connectivity index is 1.54. The zero-order chi connectivity index (χ0) is 21.5. The highest BCUT2D eigenvalue weighted by Crippen LogP contribution is 2.30. The highest BCUT2D eigenvalue weighted by molar-refractivity contribution is 7.89.